The molecule has 0 N–H and O–H groups in total. The standard InChI is InChI=1S/C31H18ClN3O/c32-25-11-6-12-27-28(25)24-18-23(15-16-26(24)36-27)31-34-29(20-8-2-1-3-9-20)33-30(35-31)22-14-13-19-7-4-5-10-21(19)17-22/h1-18H. The maximum atomic E-state index is 6.53. The van der Waals surface area contributed by atoms with Crippen molar-refractivity contribution in [3.05, 3.63) is 114 Å². The van der Waals surface area contributed by atoms with Crippen molar-refractivity contribution in [1.82, 2.24) is 15.0 Å². The molecular weight excluding hydrogens is 466 g/mol. The first kappa shape index (κ1) is 20.8. The van der Waals surface area contributed by atoms with Gasteiger partial charge in [-0.25, -0.2) is 15.0 Å². The van der Waals surface area contributed by atoms with Gasteiger partial charge < -0.3 is 4.42 Å². The Bertz CT molecular complexity index is 1910. The van der Waals surface area contributed by atoms with Crippen LogP contribution in [0.1, 0.15) is 0 Å². The fourth-order valence-corrected chi connectivity index (χ4v) is 4.87. The molecule has 0 aliphatic carbocycles. The zero-order chi connectivity index (χ0) is 24.1. The molecule has 0 atom stereocenters. The molecule has 2 aromatic heterocycles. The normalized spacial score (nSPS) is 11.5. The molecule has 2 heterocycles. The second kappa shape index (κ2) is 8.29. The highest BCUT2D eigenvalue weighted by Crippen LogP contribution is 2.36. The number of hydrogen-bond donors (Lipinski definition) is 0. The first-order valence-electron chi connectivity index (χ1n) is 11.6. The van der Waals surface area contributed by atoms with Crippen molar-refractivity contribution in [2.24, 2.45) is 0 Å². The van der Waals surface area contributed by atoms with Gasteiger partial charge in [-0.1, -0.05) is 84.4 Å². The predicted octanol–water partition coefficient (Wildman–Crippen LogP) is 8.58. The van der Waals surface area contributed by atoms with Crippen LogP contribution in [0.5, 0.6) is 0 Å². The largest absolute Gasteiger partial charge is 0.456 e. The minimum Gasteiger partial charge on any atom is -0.456 e. The lowest BCUT2D eigenvalue weighted by Crippen LogP contribution is -2.00. The van der Waals surface area contributed by atoms with Crippen LogP contribution in [0.15, 0.2) is 114 Å². The van der Waals surface area contributed by atoms with E-state index in [1.807, 2.05) is 78.9 Å². The third kappa shape index (κ3) is 3.51. The van der Waals surface area contributed by atoms with E-state index < -0.39 is 0 Å². The molecule has 0 bridgehead atoms. The first-order valence-corrected chi connectivity index (χ1v) is 12.0. The Hall–Kier alpha value is -4.54. The van der Waals surface area contributed by atoms with Gasteiger partial charge in [-0.2, -0.15) is 0 Å². The lowest BCUT2D eigenvalue weighted by atomic mass is 10.1. The molecule has 0 saturated carbocycles. The summed E-state index contributed by atoms with van der Waals surface area (Å²) in [6.45, 7) is 0. The Kier molecular flexibility index (Phi) is 4.79. The topological polar surface area (TPSA) is 51.8 Å². The number of nitrogens with zero attached hydrogens (tertiary/aromatic N) is 3. The second-order valence-corrected chi connectivity index (χ2v) is 9.07. The molecule has 0 unspecified atom stereocenters. The number of hydrogen-bond acceptors (Lipinski definition) is 4. The van der Waals surface area contributed by atoms with Gasteiger partial charge in [-0.3, -0.25) is 0 Å². The molecular formula is C31H18ClN3O. The summed E-state index contributed by atoms with van der Waals surface area (Å²) in [7, 11) is 0. The van der Waals surface area contributed by atoms with E-state index in [2.05, 4.69) is 30.3 Å². The van der Waals surface area contributed by atoms with Gasteiger partial charge in [0, 0.05) is 27.5 Å². The number of benzene rings is 5. The summed E-state index contributed by atoms with van der Waals surface area (Å²) >= 11 is 6.53. The van der Waals surface area contributed by atoms with Crippen molar-refractivity contribution in [3.63, 3.8) is 0 Å². The molecule has 0 aliphatic heterocycles. The molecule has 5 aromatic carbocycles. The van der Waals surface area contributed by atoms with Crippen molar-refractivity contribution in [3.8, 4) is 34.2 Å². The molecule has 0 saturated heterocycles. The molecule has 36 heavy (non-hydrogen) atoms. The van der Waals surface area contributed by atoms with Crippen LogP contribution in [0, 0.1) is 0 Å². The van der Waals surface area contributed by atoms with Crippen molar-refractivity contribution < 1.29 is 4.42 Å². The van der Waals surface area contributed by atoms with Gasteiger partial charge in [0.15, 0.2) is 17.5 Å². The van der Waals surface area contributed by atoms with E-state index in [1.54, 1.807) is 0 Å². The van der Waals surface area contributed by atoms with Gasteiger partial charge in [-0.05, 0) is 47.2 Å². The van der Waals surface area contributed by atoms with E-state index >= 15 is 0 Å². The third-order valence-corrected chi connectivity index (χ3v) is 6.69. The van der Waals surface area contributed by atoms with E-state index in [0.717, 1.165) is 44.0 Å². The zero-order valence-electron chi connectivity index (χ0n) is 19.0. The van der Waals surface area contributed by atoms with Gasteiger partial charge in [0.25, 0.3) is 0 Å². The Morgan fingerprint density at radius 1 is 0.500 bits per heavy atom. The average Bonchev–Trinajstić information content (AvgIpc) is 3.32. The van der Waals surface area contributed by atoms with Gasteiger partial charge in [0.05, 0.1) is 5.02 Å². The molecule has 0 spiro atoms. The minimum absolute atomic E-state index is 0.593. The van der Waals surface area contributed by atoms with E-state index in [-0.39, 0.29) is 0 Å². The Morgan fingerprint density at radius 3 is 1.97 bits per heavy atom. The summed E-state index contributed by atoms with van der Waals surface area (Å²) in [5, 5.41) is 4.79. The minimum atomic E-state index is 0.593. The quantitative estimate of drug-likeness (QED) is 0.252. The van der Waals surface area contributed by atoms with Crippen LogP contribution in [-0.2, 0) is 0 Å². The summed E-state index contributed by atoms with van der Waals surface area (Å²) in [4.78, 5) is 14.6. The summed E-state index contributed by atoms with van der Waals surface area (Å²) in [6, 6.07) is 36.2. The fraction of sp³-hybridized carbons (Fsp3) is 0. The number of furan rings is 1. The number of halogens is 1. The highest BCUT2D eigenvalue weighted by molar-refractivity contribution is 6.37. The smallest absolute Gasteiger partial charge is 0.164 e. The van der Waals surface area contributed by atoms with Gasteiger partial charge >= 0.3 is 0 Å². The molecule has 4 nitrogen and oxygen atoms in total. The van der Waals surface area contributed by atoms with Crippen LogP contribution in [0.25, 0.3) is 66.9 Å². The lowest BCUT2D eigenvalue weighted by molar-refractivity contribution is 0.669. The monoisotopic (exact) mass is 483 g/mol. The summed E-state index contributed by atoms with van der Waals surface area (Å²) in [5.74, 6) is 1.84. The average molecular weight is 484 g/mol. The fourth-order valence-electron chi connectivity index (χ4n) is 4.60. The second-order valence-electron chi connectivity index (χ2n) is 8.66. The van der Waals surface area contributed by atoms with E-state index in [4.69, 9.17) is 31.0 Å². The van der Waals surface area contributed by atoms with Crippen LogP contribution in [0.3, 0.4) is 0 Å². The van der Waals surface area contributed by atoms with Crippen LogP contribution in [-0.4, -0.2) is 15.0 Å². The first-order chi connectivity index (χ1) is 17.7. The van der Waals surface area contributed by atoms with E-state index in [1.165, 1.54) is 5.39 Å². The van der Waals surface area contributed by atoms with Gasteiger partial charge in [-0.15, -0.1) is 0 Å². The summed E-state index contributed by atoms with van der Waals surface area (Å²) in [6.07, 6.45) is 0. The number of rotatable bonds is 3. The number of fused-ring (bicyclic) bond motifs is 4. The third-order valence-electron chi connectivity index (χ3n) is 6.38. The molecule has 170 valence electrons. The van der Waals surface area contributed by atoms with Gasteiger partial charge in [0.1, 0.15) is 11.2 Å². The Morgan fingerprint density at radius 2 is 1.17 bits per heavy atom. The van der Waals surface area contributed by atoms with Crippen molar-refractivity contribution in [2.75, 3.05) is 0 Å². The molecule has 7 aromatic rings. The lowest BCUT2D eigenvalue weighted by Gasteiger charge is -2.09. The molecule has 7 rings (SSSR count). The zero-order valence-corrected chi connectivity index (χ0v) is 19.8. The molecule has 0 aliphatic rings. The molecule has 0 fully saturated rings. The van der Waals surface area contributed by atoms with E-state index in [0.29, 0.717) is 22.5 Å². The van der Waals surface area contributed by atoms with Gasteiger partial charge in [0.2, 0.25) is 0 Å². The van der Waals surface area contributed by atoms with Crippen LogP contribution < -0.4 is 0 Å². The maximum absolute atomic E-state index is 6.53. The van der Waals surface area contributed by atoms with Crippen LogP contribution in [0.2, 0.25) is 5.02 Å². The maximum Gasteiger partial charge on any atom is 0.164 e. The SMILES string of the molecule is Clc1cccc2oc3ccc(-c4nc(-c5ccccc5)nc(-c5ccc6ccccc6c5)n4)cc3c12. The highest BCUT2D eigenvalue weighted by atomic mass is 35.5. The Labute approximate surface area is 211 Å². The molecule has 5 heteroatoms. The summed E-state index contributed by atoms with van der Waals surface area (Å²) in [5.41, 5.74) is 4.27. The van der Waals surface area contributed by atoms with Crippen LogP contribution >= 0.6 is 11.6 Å². The van der Waals surface area contributed by atoms with Crippen molar-refractivity contribution >= 4 is 44.3 Å². The number of aromatic nitrogens is 3. The Balaban J connectivity index is 1.46. The summed E-state index contributed by atoms with van der Waals surface area (Å²) < 4.78 is 6.01. The van der Waals surface area contributed by atoms with Crippen LogP contribution in [0.4, 0.5) is 0 Å². The van der Waals surface area contributed by atoms with E-state index in [9.17, 15) is 0 Å². The molecule has 0 radical (unpaired) electrons. The predicted molar refractivity (Wildman–Crippen MR) is 146 cm³/mol. The molecule has 0 amide bonds. The van der Waals surface area contributed by atoms with Crippen molar-refractivity contribution in [2.45, 2.75) is 0 Å². The highest BCUT2D eigenvalue weighted by Gasteiger charge is 2.15. The van der Waals surface area contributed by atoms with Crippen molar-refractivity contribution in [1.29, 1.82) is 0 Å².